The second kappa shape index (κ2) is 7.98. The Bertz CT molecular complexity index is 886. The number of piperazine rings is 1. The second-order valence-electron chi connectivity index (χ2n) is 7.20. The van der Waals surface area contributed by atoms with Gasteiger partial charge in [-0.25, -0.2) is 0 Å². The maximum absolute atomic E-state index is 12.9. The first-order valence-corrected chi connectivity index (χ1v) is 9.63. The predicted molar refractivity (Wildman–Crippen MR) is 105 cm³/mol. The maximum Gasteiger partial charge on any atom is 0.289 e. The zero-order valence-corrected chi connectivity index (χ0v) is 16.2. The van der Waals surface area contributed by atoms with Gasteiger partial charge in [-0.2, -0.15) is 0 Å². The average molecular weight is 397 g/mol. The van der Waals surface area contributed by atoms with Gasteiger partial charge < -0.3 is 23.9 Å². The lowest BCUT2D eigenvalue weighted by Crippen LogP contribution is -2.52. The van der Waals surface area contributed by atoms with Crippen LogP contribution in [0.1, 0.15) is 17.0 Å². The van der Waals surface area contributed by atoms with Crippen molar-refractivity contribution in [3.8, 4) is 5.75 Å². The smallest absolute Gasteiger partial charge is 0.289 e. The third-order valence-electron chi connectivity index (χ3n) is 5.47. The van der Waals surface area contributed by atoms with Crippen molar-refractivity contribution in [3.63, 3.8) is 0 Å². The lowest BCUT2D eigenvalue weighted by atomic mass is 10.1. The fourth-order valence-electron chi connectivity index (χ4n) is 3.83. The minimum atomic E-state index is -0.364. The molecule has 2 aliphatic heterocycles. The van der Waals surface area contributed by atoms with Crippen LogP contribution in [-0.4, -0.2) is 67.4 Å². The van der Waals surface area contributed by atoms with E-state index < -0.39 is 0 Å². The van der Waals surface area contributed by atoms with Crippen molar-refractivity contribution in [3.05, 3.63) is 48.4 Å². The van der Waals surface area contributed by atoms with Gasteiger partial charge in [0.05, 0.1) is 19.3 Å². The van der Waals surface area contributed by atoms with Crippen LogP contribution in [0.15, 0.2) is 47.1 Å². The van der Waals surface area contributed by atoms with Gasteiger partial charge >= 0.3 is 0 Å². The van der Waals surface area contributed by atoms with Crippen molar-refractivity contribution in [2.45, 2.75) is 6.42 Å². The summed E-state index contributed by atoms with van der Waals surface area (Å²) < 4.78 is 10.3. The Hall–Kier alpha value is -3.29. The molecule has 8 nitrogen and oxygen atoms in total. The average Bonchev–Trinajstić information content (AvgIpc) is 3.43. The number of hydrogen-bond acceptors (Lipinski definition) is 5. The number of rotatable bonds is 4. The molecule has 0 saturated carbocycles. The summed E-state index contributed by atoms with van der Waals surface area (Å²) in [6, 6.07) is 10.6. The molecule has 2 aromatic rings. The largest absolute Gasteiger partial charge is 0.497 e. The van der Waals surface area contributed by atoms with E-state index in [0.29, 0.717) is 38.5 Å². The topological polar surface area (TPSA) is 83.3 Å². The molecule has 4 rings (SSSR count). The molecule has 0 radical (unpaired) electrons. The van der Waals surface area contributed by atoms with E-state index in [9.17, 15) is 14.4 Å². The third kappa shape index (κ3) is 3.83. The van der Waals surface area contributed by atoms with E-state index >= 15 is 0 Å². The fourth-order valence-corrected chi connectivity index (χ4v) is 3.83. The highest BCUT2D eigenvalue weighted by atomic mass is 16.5. The molecule has 152 valence electrons. The van der Waals surface area contributed by atoms with Crippen LogP contribution in [0, 0.1) is 5.92 Å². The molecule has 2 fully saturated rings. The van der Waals surface area contributed by atoms with Crippen LogP contribution in [0.2, 0.25) is 0 Å². The van der Waals surface area contributed by atoms with Crippen LogP contribution in [0.5, 0.6) is 5.75 Å². The first kappa shape index (κ1) is 19.0. The second-order valence-corrected chi connectivity index (χ2v) is 7.20. The molecule has 3 heterocycles. The highest BCUT2D eigenvalue weighted by Crippen LogP contribution is 2.28. The number of methoxy groups -OCH3 is 1. The van der Waals surface area contributed by atoms with E-state index in [0.717, 1.165) is 11.4 Å². The van der Waals surface area contributed by atoms with Crippen LogP contribution < -0.4 is 9.64 Å². The molecule has 1 aromatic heterocycles. The standard InChI is InChI=1S/C21H23N3O5/c1-28-17-6-4-16(5-7-17)24-14-15(13-19(24)25)20(26)22-8-10-23(11-9-22)21(27)18-3-2-12-29-18/h2-7,12,15H,8-11,13-14H2,1H3/t15-/m1/s1. The van der Waals surface area contributed by atoms with Crippen molar-refractivity contribution in [1.29, 1.82) is 0 Å². The van der Waals surface area contributed by atoms with Crippen molar-refractivity contribution < 1.29 is 23.5 Å². The van der Waals surface area contributed by atoms with Crippen LogP contribution in [0.4, 0.5) is 5.69 Å². The number of nitrogens with zero attached hydrogens (tertiary/aromatic N) is 3. The molecule has 1 aromatic carbocycles. The van der Waals surface area contributed by atoms with Crippen LogP contribution in [0.3, 0.4) is 0 Å². The summed E-state index contributed by atoms with van der Waals surface area (Å²) in [5.41, 5.74) is 0.764. The molecular weight excluding hydrogens is 374 g/mol. The number of amides is 3. The monoisotopic (exact) mass is 397 g/mol. The van der Waals surface area contributed by atoms with E-state index in [1.807, 2.05) is 12.1 Å². The third-order valence-corrected chi connectivity index (χ3v) is 5.47. The van der Waals surface area contributed by atoms with Crippen molar-refractivity contribution in [2.75, 3.05) is 44.7 Å². The Kier molecular flexibility index (Phi) is 5.24. The predicted octanol–water partition coefficient (Wildman–Crippen LogP) is 1.63. The summed E-state index contributed by atoms with van der Waals surface area (Å²) >= 11 is 0. The van der Waals surface area contributed by atoms with Gasteiger partial charge in [0.15, 0.2) is 5.76 Å². The summed E-state index contributed by atoms with van der Waals surface area (Å²) in [7, 11) is 1.59. The van der Waals surface area contributed by atoms with Gasteiger partial charge in [-0.1, -0.05) is 0 Å². The Morgan fingerprint density at radius 3 is 2.34 bits per heavy atom. The number of anilines is 1. The molecule has 1 atom stereocenters. The van der Waals surface area contributed by atoms with Crippen LogP contribution in [0.25, 0.3) is 0 Å². The molecule has 8 heteroatoms. The number of benzene rings is 1. The normalized spacial score (nSPS) is 19.6. The maximum atomic E-state index is 12.9. The Morgan fingerprint density at radius 1 is 1.03 bits per heavy atom. The van der Waals surface area contributed by atoms with Gasteiger partial charge in [0.25, 0.3) is 5.91 Å². The van der Waals surface area contributed by atoms with Crippen molar-refractivity contribution in [2.24, 2.45) is 5.92 Å². The number of carbonyl (C=O) groups excluding carboxylic acids is 3. The zero-order valence-electron chi connectivity index (χ0n) is 16.2. The van der Waals surface area contributed by atoms with E-state index in [1.54, 1.807) is 46.1 Å². The molecule has 0 spiro atoms. The molecule has 0 N–H and O–H groups in total. The molecule has 0 aliphatic carbocycles. The molecule has 0 bridgehead atoms. The molecular formula is C21H23N3O5. The van der Waals surface area contributed by atoms with Crippen LogP contribution in [-0.2, 0) is 9.59 Å². The summed E-state index contributed by atoms with van der Waals surface area (Å²) in [6.07, 6.45) is 1.68. The minimum Gasteiger partial charge on any atom is -0.497 e. The SMILES string of the molecule is COc1ccc(N2C[C@H](C(=O)N3CCN(C(=O)c4ccco4)CC3)CC2=O)cc1. The van der Waals surface area contributed by atoms with Gasteiger partial charge in [-0.3, -0.25) is 14.4 Å². The van der Waals surface area contributed by atoms with E-state index in [-0.39, 0.29) is 30.1 Å². The first-order valence-electron chi connectivity index (χ1n) is 9.63. The van der Waals surface area contributed by atoms with Crippen molar-refractivity contribution >= 4 is 23.4 Å². The van der Waals surface area contributed by atoms with E-state index in [1.165, 1.54) is 6.26 Å². The highest BCUT2D eigenvalue weighted by Gasteiger charge is 2.38. The highest BCUT2D eigenvalue weighted by molar-refractivity contribution is 6.00. The van der Waals surface area contributed by atoms with Gasteiger partial charge in [-0.15, -0.1) is 0 Å². The number of ether oxygens (including phenoxy) is 1. The molecule has 2 saturated heterocycles. The molecule has 3 amide bonds. The molecule has 0 unspecified atom stereocenters. The molecule has 2 aliphatic rings. The van der Waals surface area contributed by atoms with E-state index in [4.69, 9.17) is 9.15 Å². The van der Waals surface area contributed by atoms with Crippen molar-refractivity contribution in [1.82, 2.24) is 9.80 Å². The van der Waals surface area contributed by atoms with Gasteiger partial charge in [-0.05, 0) is 36.4 Å². The number of furan rings is 1. The minimum absolute atomic E-state index is 0.0283. The number of carbonyl (C=O) groups is 3. The summed E-state index contributed by atoms with van der Waals surface area (Å²) in [5, 5.41) is 0. The summed E-state index contributed by atoms with van der Waals surface area (Å²) in [4.78, 5) is 42.8. The Morgan fingerprint density at radius 2 is 1.72 bits per heavy atom. The van der Waals surface area contributed by atoms with Crippen LogP contribution >= 0.6 is 0 Å². The number of hydrogen-bond donors (Lipinski definition) is 0. The van der Waals surface area contributed by atoms with Gasteiger partial charge in [0.2, 0.25) is 11.8 Å². The van der Waals surface area contributed by atoms with Gasteiger partial charge in [0.1, 0.15) is 5.75 Å². The zero-order chi connectivity index (χ0) is 20.4. The fraction of sp³-hybridized carbons (Fsp3) is 0.381. The lowest BCUT2D eigenvalue weighted by Gasteiger charge is -2.35. The van der Waals surface area contributed by atoms with Gasteiger partial charge in [0, 0.05) is 44.8 Å². The summed E-state index contributed by atoms with van der Waals surface area (Å²) in [5.74, 6) is 0.414. The quantitative estimate of drug-likeness (QED) is 0.783. The Balaban J connectivity index is 1.34. The lowest BCUT2D eigenvalue weighted by molar-refractivity contribution is -0.137. The Labute approximate surface area is 168 Å². The molecule has 29 heavy (non-hydrogen) atoms. The van der Waals surface area contributed by atoms with E-state index in [2.05, 4.69) is 0 Å². The summed E-state index contributed by atoms with van der Waals surface area (Å²) in [6.45, 7) is 2.19. The first-order chi connectivity index (χ1) is 14.1.